The molecule has 0 unspecified atom stereocenters. The van der Waals surface area contributed by atoms with Gasteiger partial charge in [-0.05, 0) is 43.3 Å². The van der Waals surface area contributed by atoms with E-state index in [0.29, 0.717) is 23.0 Å². The van der Waals surface area contributed by atoms with Crippen LogP contribution in [-0.4, -0.2) is 48.4 Å². The van der Waals surface area contributed by atoms with E-state index in [4.69, 9.17) is 16.3 Å². The molecule has 0 heterocycles. The minimum Gasteiger partial charge on any atom is -0.496 e. The lowest BCUT2D eigenvalue weighted by Gasteiger charge is -2.20. The van der Waals surface area contributed by atoms with Gasteiger partial charge in [0.05, 0.1) is 31.2 Å². The Balaban J connectivity index is 2.00. The lowest BCUT2D eigenvalue weighted by molar-refractivity contribution is -0.384. The van der Waals surface area contributed by atoms with E-state index in [2.05, 4.69) is 10.6 Å². The summed E-state index contributed by atoms with van der Waals surface area (Å²) in [5.74, 6) is -0.467. The molecule has 0 saturated carbocycles. The first-order chi connectivity index (χ1) is 14.2. The van der Waals surface area contributed by atoms with Crippen molar-refractivity contribution in [3.63, 3.8) is 0 Å². The van der Waals surface area contributed by atoms with Crippen molar-refractivity contribution in [2.75, 3.05) is 37.4 Å². The largest absolute Gasteiger partial charge is 0.496 e. The summed E-state index contributed by atoms with van der Waals surface area (Å²) in [6.45, 7) is 3.95. The van der Waals surface area contributed by atoms with E-state index in [1.807, 2.05) is 6.92 Å². The van der Waals surface area contributed by atoms with Crippen LogP contribution in [0.15, 0.2) is 36.4 Å². The van der Waals surface area contributed by atoms with Gasteiger partial charge in [0.1, 0.15) is 11.4 Å². The van der Waals surface area contributed by atoms with Crippen LogP contribution in [0.4, 0.5) is 17.1 Å². The van der Waals surface area contributed by atoms with E-state index in [9.17, 15) is 19.7 Å². The third kappa shape index (κ3) is 6.43. The van der Waals surface area contributed by atoms with Crippen molar-refractivity contribution in [1.29, 1.82) is 0 Å². The quantitative estimate of drug-likeness (QED) is 0.461. The van der Waals surface area contributed by atoms with Gasteiger partial charge in [-0.25, -0.2) is 0 Å². The van der Waals surface area contributed by atoms with Crippen LogP contribution in [0, 0.1) is 17.0 Å². The lowest BCUT2D eigenvalue weighted by atomic mass is 10.2. The van der Waals surface area contributed by atoms with Crippen molar-refractivity contribution in [2.45, 2.75) is 13.8 Å². The maximum atomic E-state index is 12.4. The predicted octanol–water partition coefficient (Wildman–Crippen LogP) is 3.46. The molecular formula is C20H23ClN4O5. The molecule has 0 aliphatic carbocycles. The summed E-state index contributed by atoms with van der Waals surface area (Å²) < 4.78 is 4.98. The first-order valence-electron chi connectivity index (χ1n) is 9.14. The fraction of sp³-hybridized carbons (Fsp3) is 0.300. The average molecular weight is 435 g/mol. The highest BCUT2D eigenvalue weighted by atomic mass is 35.5. The third-order valence-corrected chi connectivity index (χ3v) is 4.57. The average Bonchev–Trinajstić information content (AvgIpc) is 2.70. The van der Waals surface area contributed by atoms with Gasteiger partial charge in [0.2, 0.25) is 11.8 Å². The Morgan fingerprint density at radius 2 is 1.73 bits per heavy atom. The minimum atomic E-state index is -0.601. The number of halogens is 1. The molecule has 2 N–H and O–H groups in total. The molecule has 2 rings (SSSR count). The number of likely N-dealkylation sites (N-methyl/N-ethyl adjacent to an activating group) is 1. The number of hydrogen-bond donors (Lipinski definition) is 2. The van der Waals surface area contributed by atoms with Crippen LogP contribution in [0.25, 0.3) is 0 Å². The number of carbonyl (C=O) groups is 2. The predicted molar refractivity (Wildman–Crippen MR) is 115 cm³/mol. The van der Waals surface area contributed by atoms with Crippen LogP contribution in [0.1, 0.15) is 12.5 Å². The fourth-order valence-corrected chi connectivity index (χ4v) is 2.86. The molecule has 0 aliphatic heterocycles. The number of hydrogen-bond acceptors (Lipinski definition) is 6. The van der Waals surface area contributed by atoms with E-state index in [0.717, 1.165) is 5.56 Å². The van der Waals surface area contributed by atoms with Crippen LogP contribution in [0.3, 0.4) is 0 Å². The van der Waals surface area contributed by atoms with Gasteiger partial charge < -0.3 is 15.4 Å². The van der Waals surface area contributed by atoms with Gasteiger partial charge >= 0.3 is 0 Å². The van der Waals surface area contributed by atoms with E-state index in [-0.39, 0.29) is 30.4 Å². The van der Waals surface area contributed by atoms with E-state index in [1.54, 1.807) is 30.0 Å². The fourth-order valence-electron chi connectivity index (χ4n) is 2.69. The van der Waals surface area contributed by atoms with Gasteiger partial charge in [-0.3, -0.25) is 24.6 Å². The number of ether oxygens (including phenoxy) is 1. The molecule has 30 heavy (non-hydrogen) atoms. The van der Waals surface area contributed by atoms with Gasteiger partial charge in [0.25, 0.3) is 5.69 Å². The molecule has 0 bridgehead atoms. The Bertz CT molecular complexity index is 951. The first kappa shape index (κ1) is 23.1. The minimum absolute atomic E-state index is 0.0272. The molecular weight excluding hydrogens is 412 g/mol. The van der Waals surface area contributed by atoms with Crippen LogP contribution in [0.5, 0.6) is 5.75 Å². The van der Waals surface area contributed by atoms with E-state index < -0.39 is 10.8 Å². The number of carbonyl (C=O) groups excluding carboxylic acids is 2. The number of nitrogens with one attached hydrogen (secondary N) is 2. The standard InChI is InChI=1S/C20H23ClN4O5/c1-4-24(12-20(27)23-17-9-14(21)6-5-13(17)2)11-19(26)22-16-8-7-15(30-3)10-18(16)25(28)29/h5-10H,4,11-12H2,1-3H3,(H,22,26)(H,23,27). The van der Waals surface area contributed by atoms with Crippen molar-refractivity contribution < 1.29 is 19.2 Å². The maximum Gasteiger partial charge on any atom is 0.296 e. The monoisotopic (exact) mass is 434 g/mol. The Morgan fingerprint density at radius 3 is 2.30 bits per heavy atom. The lowest BCUT2D eigenvalue weighted by Crippen LogP contribution is -2.38. The number of amides is 2. The highest BCUT2D eigenvalue weighted by Crippen LogP contribution is 2.28. The third-order valence-electron chi connectivity index (χ3n) is 4.33. The maximum absolute atomic E-state index is 12.4. The zero-order chi connectivity index (χ0) is 22.3. The molecule has 0 aromatic heterocycles. The second kappa shape index (κ2) is 10.6. The molecule has 2 aromatic carbocycles. The van der Waals surface area contributed by atoms with E-state index in [1.165, 1.54) is 25.3 Å². The Kier molecular flexibility index (Phi) is 8.14. The summed E-state index contributed by atoms with van der Waals surface area (Å²) in [7, 11) is 1.40. The highest BCUT2D eigenvalue weighted by molar-refractivity contribution is 6.31. The summed E-state index contributed by atoms with van der Waals surface area (Å²) in [5, 5.41) is 17.0. The van der Waals surface area contributed by atoms with Crippen LogP contribution in [-0.2, 0) is 9.59 Å². The van der Waals surface area contributed by atoms with Crippen LogP contribution in [0.2, 0.25) is 5.02 Å². The summed E-state index contributed by atoms with van der Waals surface area (Å²) >= 11 is 5.96. The summed E-state index contributed by atoms with van der Waals surface area (Å²) in [4.78, 5) is 37.0. The number of nitro benzene ring substituents is 1. The molecule has 10 heteroatoms. The topological polar surface area (TPSA) is 114 Å². The second-order valence-electron chi connectivity index (χ2n) is 6.50. The molecule has 2 amide bonds. The Labute approximate surface area is 179 Å². The highest BCUT2D eigenvalue weighted by Gasteiger charge is 2.19. The molecule has 0 radical (unpaired) electrons. The zero-order valence-corrected chi connectivity index (χ0v) is 17.7. The molecule has 2 aromatic rings. The molecule has 0 saturated heterocycles. The molecule has 0 atom stereocenters. The number of rotatable bonds is 9. The normalized spacial score (nSPS) is 10.6. The number of nitro groups is 1. The van der Waals surface area contributed by atoms with Crippen molar-refractivity contribution >= 4 is 40.5 Å². The number of methoxy groups -OCH3 is 1. The number of nitrogens with zero attached hydrogens (tertiary/aromatic N) is 2. The smallest absolute Gasteiger partial charge is 0.296 e. The van der Waals surface area contributed by atoms with Gasteiger partial charge in [-0.1, -0.05) is 24.6 Å². The molecule has 0 aliphatic rings. The van der Waals surface area contributed by atoms with Gasteiger partial charge in [-0.2, -0.15) is 0 Å². The second-order valence-corrected chi connectivity index (χ2v) is 6.94. The molecule has 0 spiro atoms. The van der Waals surface area contributed by atoms with Crippen molar-refractivity contribution in [1.82, 2.24) is 4.90 Å². The Morgan fingerprint density at radius 1 is 1.10 bits per heavy atom. The molecule has 0 fully saturated rings. The number of anilines is 2. The SMILES string of the molecule is CCN(CC(=O)Nc1cc(Cl)ccc1C)CC(=O)Nc1ccc(OC)cc1[N+](=O)[O-]. The van der Waals surface area contributed by atoms with E-state index >= 15 is 0 Å². The van der Waals surface area contributed by atoms with Crippen molar-refractivity contribution in [3.8, 4) is 5.75 Å². The number of aryl methyl sites for hydroxylation is 1. The zero-order valence-electron chi connectivity index (χ0n) is 16.9. The summed E-state index contributed by atoms with van der Waals surface area (Å²) in [5.41, 5.74) is 1.24. The van der Waals surface area contributed by atoms with Crippen LogP contribution >= 0.6 is 11.6 Å². The first-order valence-corrected chi connectivity index (χ1v) is 9.52. The van der Waals surface area contributed by atoms with Gasteiger partial charge in [-0.15, -0.1) is 0 Å². The molecule has 160 valence electrons. The van der Waals surface area contributed by atoms with Gasteiger partial charge in [0, 0.05) is 10.7 Å². The Hall–Kier alpha value is -3.17. The van der Waals surface area contributed by atoms with Crippen molar-refractivity contribution in [3.05, 3.63) is 57.1 Å². The van der Waals surface area contributed by atoms with Gasteiger partial charge in [0.15, 0.2) is 0 Å². The molecule has 9 nitrogen and oxygen atoms in total. The van der Waals surface area contributed by atoms with Crippen LogP contribution < -0.4 is 15.4 Å². The summed E-state index contributed by atoms with van der Waals surface area (Å²) in [6, 6.07) is 9.33. The number of benzene rings is 2. The summed E-state index contributed by atoms with van der Waals surface area (Å²) in [6.07, 6.45) is 0. The van der Waals surface area contributed by atoms with Crippen molar-refractivity contribution in [2.24, 2.45) is 0 Å².